The van der Waals surface area contributed by atoms with Gasteiger partial charge in [-0.1, -0.05) is 12.1 Å². The molecule has 124 valence electrons. The minimum atomic E-state index is -0.857. The van der Waals surface area contributed by atoms with Crippen LogP contribution in [0, 0.1) is 0 Å². The van der Waals surface area contributed by atoms with Crippen LogP contribution in [0.5, 0.6) is 0 Å². The second kappa shape index (κ2) is 10.1. The molecule has 0 unspecified atom stereocenters. The summed E-state index contributed by atoms with van der Waals surface area (Å²) in [4.78, 5) is 34.1. The van der Waals surface area contributed by atoms with E-state index < -0.39 is 17.8 Å². The average molecular weight is 321 g/mol. The van der Waals surface area contributed by atoms with Gasteiger partial charge in [-0.2, -0.15) is 5.10 Å². The molecule has 0 aliphatic carbocycles. The molecule has 0 aliphatic rings. The third-order valence-corrected chi connectivity index (χ3v) is 2.73. The number of benzene rings is 1. The fraction of sp³-hybridized carbons (Fsp3) is 0.333. The van der Waals surface area contributed by atoms with Gasteiger partial charge >= 0.3 is 17.8 Å². The standard InChI is InChI=1S/C15H19N3O5/c1-22-9-3-8-16-13(19)14(20)18-17-10-11-4-6-12(7-5-11)15(21)23-2/h4-7,10H,3,8-9H2,1-2H3,(H,16,19)(H,18,20)/b17-10+. The first-order valence-corrected chi connectivity index (χ1v) is 6.87. The lowest BCUT2D eigenvalue weighted by Crippen LogP contribution is -2.38. The van der Waals surface area contributed by atoms with Gasteiger partial charge < -0.3 is 14.8 Å². The summed E-state index contributed by atoms with van der Waals surface area (Å²) in [6.07, 6.45) is 1.97. The molecule has 0 spiro atoms. The summed E-state index contributed by atoms with van der Waals surface area (Å²) in [5, 5.41) is 6.11. The maximum atomic E-state index is 11.4. The fourth-order valence-corrected chi connectivity index (χ4v) is 1.54. The number of hydrazone groups is 1. The lowest BCUT2D eigenvalue weighted by Gasteiger charge is -2.03. The van der Waals surface area contributed by atoms with Crippen LogP contribution in [-0.4, -0.2) is 51.4 Å². The zero-order valence-corrected chi connectivity index (χ0v) is 13.0. The Labute approximate surface area is 133 Å². The Morgan fingerprint density at radius 1 is 1.13 bits per heavy atom. The average Bonchev–Trinajstić information content (AvgIpc) is 2.58. The SMILES string of the molecule is COCCCNC(=O)C(=O)N/N=C/c1ccc(C(=O)OC)cc1. The minimum Gasteiger partial charge on any atom is -0.465 e. The summed E-state index contributed by atoms with van der Waals surface area (Å²) in [5.74, 6) is -2.06. The Balaban J connectivity index is 2.41. The van der Waals surface area contributed by atoms with E-state index in [1.165, 1.54) is 13.3 Å². The van der Waals surface area contributed by atoms with Crippen molar-refractivity contribution >= 4 is 24.0 Å². The molecule has 2 N–H and O–H groups in total. The molecular weight excluding hydrogens is 302 g/mol. The molecule has 1 aromatic rings. The number of amides is 2. The van der Waals surface area contributed by atoms with E-state index in [0.717, 1.165) is 0 Å². The molecular formula is C15H19N3O5. The van der Waals surface area contributed by atoms with Crippen LogP contribution in [0.4, 0.5) is 0 Å². The van der Waals surface area contributed by atoms with E-state index in [1.807, 2.05) is 0 Å². The quantitative estimate of drug-likeness (QED) is 0.243. The predicted molar refractivity (Wildman–Crippen MR) is 83.0 cm³/mol. The molecule has 0 heterocycles. The summed E-state index contributed by atoms with van der Waals surface area (Å²) in [7, 11) is 2.86. The predicted octanol–water partition coefficient (Wildman–Crippen LogP) is 0.0760. The Hall–Kier alpha value is -2.74. The van der Waals surface area contributed by atoms with Crippen LogP contribution in [-0.2, 0) is 19.1 Å². The Kier molecular flexibility index (Phi) is 8.01. The number of hydrogen-bond acceptors (Lipinski definition) is 6. The van der Waals surface area contributed by atoms with Gasteiger partial charge in [0.25, 0.3) is 0 Å². The molecule has 0 bridgehead atoms. The lowest BCUT2D eigenvalue weighted by molar-refractivity contribution is -0.139. The van der Waals surface area contributed by atoms with Gasteiger partial charge in [-0.15, -0.1) is 0 Å². The maximum absolute atomic E-state index is 11.4. The number of nitrogens with zero attached hydrogens (tertiary/aromatic N) is 1. The molecule has 0 atom stereocenters. The van der Waals surface area contributed by atoms with Crippen molar-refractivity contribution < 1.29 is 23.9 Å². The molecule has 2 amide bonds. The van der Waals surface area contributed by atoms with Crippen molar-refractivity contribution in [3.05, 3.63) is 35.4 Å². The highest BCUT2D eigenvalue weighted by Crippen LogP contribution is 2.03. The van der Waals surface area contributed by atoms with Gasteiger partial charge in [0.15, 0.2) is 0 Å². The van der Waals surface area contributed by atoms with Gasteiger partial charge in [-0.3, -0.25) is 9.59 Å². The van der Waals surface area contributed by atoms with E-state index >= 15 is 0 Å². The molecule has 0 aromatic heterocycles. The molecule has 8 heteroatoms. The molecule has 0 saturated heterocycles. The first-order chi connectivity index (χ1) is 11.1. The number of esters is 1. The van der Waals surface area contributed by atoms with E-state index in [2.05, 4.69) is 20.6 Å². The third-order valence-electron chi connectivity index (χ3n) is 2.73. The number of ether oxygens (including phenoxy) is 2. The molecule has 8 nitrogen and oxygen atoms in total. The van der Waals surface area contributed by atoms with Crippen LogP contribution >= 0.6 is 0 Å². The lowest BCUT2D eigenvalue weighted by atomic mass is 10.1. The van der Waals surface area contributed by atoms with E-state index in [0.29, 0.717) is 30.7 Å². The summed E-state index contributed by atoms with van der Waals surface area (Å²) >= 11 is 0. The third kappa shape index (κ3) is 6.70. The second-order valence-electron chi connectivity index (χ2n) is 4.41. The van der Waals surface area contributed by atoms with Gasteiger partial charge in [0.2, 0.25) is 0 Å². The van der Waals surface area contributed by atoms with Crippen LogP contribution in [0.15, 0.2) is 29.4 Å². The molecule has 0 fully saturated rings. The highest BCUT2D eigenvalue weighted by molar-refractivity contribution is 6.35. The molecule has 0 radical (unpaired) electrons. The number of hydrogen-bond donors (Lipinski definition) is 2. The number of carbonyl (C=O) groups excluding carboxylic acids is 3. The van der Waals surface area contributed by atoms with Crippen molar-refractivity contribution in [3.8, 4) is 0 Å². The van der Waals surface area contributed by atoms with Crippen molar-refractivity contribution in [2.24, 2.45) is 5.10 Å². The van der Waals surface area contributed by atoms with Gasteiger partial charge in [-0.25, -0.2) is 10.2 Å². The number of methoxy groups -OCH3 is 2. The summed E-state index contributed by atoms with van der Waals surface area (Å²) in [5.41, 5.74) is 3.17. The Bertz CT molecular complexity index is 569. The first-order valence-electron chi connectivity index (χ1n) is 6.87. The zero-order valence-electron chi connectivity index (χ0n) is 13.0. The topological polar surface area (TPSA) is 106 Å². The van der Waals surface area contributed by atoms with Crippen LogP contribution in [0.1, 0.15) is 22.3 Å². The van der Waals surface area contributed by atoms with Crippen molar-refractivity contribution in [3.63, 3.8) is 0 Å². The number of nitrogens with one attached hydrogen (secondary N) is 2. The number of carbonyl (C=O) groups is 3. The molecule has 1 aromatic carbocycles. The normalized spacial score (nSPS) is 10.3. The van der Waals surface area contributed by atoms with Crippen LogP contribution in [0.2, 0.25) is 0 Å². The number of rotatable bonds is 7. The largest absolute Gasteiger partial charge is 0.465 e. The Morgan fingerprint density at radius 3 is 2.43 bits per heavy atom. The first kappa shape index (κ1) is 18.3. The minimum absolute atomic E-state index is 0.346. The Morgan fingerprint density at radius 2 is 1.83 bits per heavy atom. The smallest absolute Gasteiger partial charge is 0.337 e. The van der Waals surface area contributed by atoms with Gasteiger partial charge in [-0.05, 0) is 24.1 Å². The van der Waals surface area contributed by atoms with E-state index in [-0.39, 0.29) is 0 Å². The van der Waals surface area contributed by atoms with E-state index in [4.69, 9.17) is 4.74 Å². The van der Waals surface area contributed by atoms with E-state index in [1.54, 1.807) is 31.4 Å². The van der Waals surface area contributed by atoms with Gasteiger partial charge in [0.05, 0.1) is 18.9 Å². The fourth-order valence-electron chi connectivity index (χ4n) is 1.54. The van der Waals surface area contributed by atoms with Crippen molar-refractivity contribution in [2.45, 2.75) is 6.42 Å². The zero-order chi connectivity index (χ0) is 17.1. The molecule has 1 rings (SSSR count). The van der Waals surface area contributed by atoms with Crippen molar-refractivity contribution in [2.75, 3.05) is 27.4 Å². The second-order valence-corrected chi connectivity index (χ2v) is 4.41. The summed E-state index contributed by atoms with van der Waals surface area (Å²) in [6.45, 7) is 0.848. The van der Waals surface area contributed by atoms with Gasteiger partial charge in [0.1, 0.15) is 0 Å². The monoisotopic (exact) mass is 321 g/mol. The van der Waals surface area contributed by atoms with Crippen LogP contribution in [0.25, 0.3) is 0 Å². The van der Waals surface area contributed by atoms with Crippen LogP contribution in [0.3, 0.4) is 0 Å². The highest BCUT2D eigenvalue weighted by atomic mass is 16.5. The molecule has 0 aliphatic heterocycles. The van der Waals surface area contributed by atoms with E-state index in [9.17, 15) is 14.4 Å². The van der Waals surface area contributed by atoms with Crippen LogP contribution < -0.4 is 10.7 Å². The highest BCUT2D eigenvalue weighted by Gasteiger charge is 2.11. The molecule has 0 saturated carbocycles. The summed E-state index contributed by atoms with van der Waals surface area (Å²) < 4.78 is 9.40. The van der Waals surface area contributed by atoms with Gasteiger partial charge in [0, 0.05) is 20.3 Å². The van der Waals surface area contributed by atoms with Crippen molar-refractivity contribution in [1.29, 1.82) is 0 Å². The maximum Gasteiger partial charge on any atom is 0.337 e. The molecule has 23 heavy (non-hydrogen) atoms. The van der Waals surface area contributed by atoms with Crippen molar-refractivity contribution in [1.82, 2.24) is 10.7 Å². The summed E-state index contributed by atoms with van der Waals surface area (Å²) in [6, 6.07) is 6.40.